The summed E-state index contributed by atoms with van der Waals surface area (Å²) in [5.74, 6) is 0.293. The van der Waals surface area contributed by atoms with Gasteiger partial charge in [0.1, 0.15) is 11.5 Å². The highest BCUT2D eigenvalue weighted by molar-refractivity contribution is 6.06. The van der Waals surface area contributed by atoms with Gasteiger partial charge < -0.3 is 14.8 Å². The molecule has 7 nitrogen and oxygen atoms in total. The van der Waals surface area contributed by atoms with Crippen molar-refractivity contribution in [2.45, 2.75) is 19.3 Å². The first-order valence-corrected chi connectivity index (χ1v) is 10.6. The molecule has 0 unspecified atom stereocenters. The maximum Gasteiger partial charge on any atom is 0.233 e. The summed E-state index contributed by atoms with van der Waals surface area (Å²) in [5.41, 5.74) is 2.36. The van der Waals surface area contributed by atoms with Gasteiger partial charge in [0.15, 0.2) is 0 Å². The average molecular weight is 434 g/mol. The Bertz CT molecular complexity index is 1030. The van der Waals surface area contributed by atoms with E-state index in [4.69, 9.17) is 9.47 Å². The molecule has 0 saturated carbocycles. The van der Waals surface area contributed by atoms with E-state index in [0.29, 0.717) is 24.3 Å². The molecule has 1 N–H and O–H groups in total. The fourth-order valence-corrected chi connectivity index (χ4v) is 4.31. The SMILES string of the molecule is COc1ccc(-c2cc(NC(=O)CCN3C(=O)[C@H]4CC=CC[C@H]4C3=O)ccc2OC)cc1. The van der Waals surface area contributed by atoms with E-state index in [0.717, 1.165) is 16.9 Å². The van der Waals surface area contributed by atoms with Crippen LogP contribution in [0.3, 0.4) is 0 Å². The number of hydrogen-bond acceptors (Lipinski definition) is 5. The number of benzene rings is 2. The minimum atomic E-state index is -0.274. The van der Waals surface area contributed by atoms with Crippen molar-refractivity contribution in [3.05, 3.63) is 54.6 Å². The highest BCUT2D eigenvalue weighted by Gasteiger charge is 2.46. The molecule has 7 heteroatoms. The van der Waals surface area contributed by atoms with Crippen molar-refractivity contribution in [2.24, 2.45) is 11.8 Å². The highest BCUT2D eigenvalue weighted by atomic mass is 16.5. The van der Waals surface area contributed by atoms with Crippen molar-refractivity contribution >= 4 is 23.4 Å². The maximum absolute atomic E-state index is 12.6. The van der Waals surface area contributed by atoms with E-state index >= 15 is 0 Å². The number of anilines is 1. The molecule has 32 heavy (non-hydrogen) atoms. The number of likely N-dealkylation sites (tertiary alicyclic amines) is 1. The van der Waals surface area contributed by atoms with Gasteiger partial charge in [-0.3, -0.25) is 19.3 Å². The number of fused-ring (bicyclic) bond motifs is 1. The Morgan fingerprint density at radius 3 is 2.22 bits per heavy atom. The molecule has 0 aromatic heterocycles. The largest absolute Gasteiger partial charge is 0.497 e. The first-order chi connectivity index (χ1) is 15.5. The zero-order valence-corrected chi connectivity index (χ0v) is 18.2. The van der Waals surface area contributed by atoms with Crippen LogP contribution in [0.5, 0.6) is 11.5 Å². The van der Waals surface area contributed by atoms with Crippen LogP contribution in [-0.2, 0) is 14.4 Å². The number of hydrogen-bond donors (Lipinski definition) is 1. The number of carbonyl (C=O) groups excluding carboxylic acids is 3. The number of rotatable bonds is 7. The number of imide groups is 1. The van der Waals surface area contributed by atoms with Crippen LogP contribution in [0, 0.1) is 11.8 Å². The lowest BCUT2D eigenvalue weighted by atomic mass is 9.85. The number of nitrogens with one attached hydrogen (secondary N) is 1. The molecule has 166 valence electrons. The molecule has 4 rings (SSSR count). The van der Waals surface area contributed by atoms with Crippen LogP contribution in [0.2, 0.25) is 0 Å². The van der Waals surface area contributed by atoms with E-state index in [1.807, 2.05) is 42.5 Å². The minimum absolute atomic E-state index is 0.0498. The van der Waals surface area contributed by atoms with Crippen LogP contribution in [0.25, 0.3) is 11.1 Å². The standard InChI is InChI=1S/C25H26N2O5/c1-31-18-10-7-16(8-11-18)21-15-17(9-12-22(21)32-2)26-23(28)13-14-27-24(29)19-5-3-4-6-20(19)25(27)30/h3-4,7-12,15,19-20H,5-6,13-14H2,1-2H3,(H,26,28)/t19-,20+. The van der Waals surface area contributed by atoms with E-state index in [9.17, 15) is 14.4 Å². The smallest absolute Gasteiger partial charge is 0.233 e. The molecule has 0 radical (unpaired) electrons. The van der Waals surface area contributed by atoms with Crippen molar-refractivity contribution in [1.82, 2.24) is 4.90 Å². The second-order valence-electron chi connectivity index (χ2n) is 7.93. The van der Waals surface area contributed by atoms with Crippen LogP contribution < -0.4 is 14.8 Å². The Morgan fingerprint density at radius 1 is 0.969 bits per heavy atom. The molecule has 0 bridgehead atoms. The van der Waals surface area contributed by atoms with Gasteiger partial charge in [-0.15, -0.1) is 0 Å². The van der Waals surface area contributed by atoms with E-state index in [1.165, 1.54) is 4.90 Å². The molecule has 1 saturated heterocycles. The number of methoxy groups -OCH3 is 2. The van der Waals surface area contributed by atoms with Crippen LogP contribution in [0.4, 0.5) is 5.69 Å². The zero-order valence-electron chi connectivity index (χ0n) is 18.2. The Balaban J connectivity index is 1.42. The van der Waals surface area contributed by atoms with Gasteiger partial charge in [0, 0.05) is 24.2 Å². The summed E-state index contributed by atoms with van der Waals surface area (Å²) < 4.78 is 10.7. The molecule has 2 aromatic rings. The summed E-state index contributed by atoms with van der Waals surface area (Å²) in [4.78, 5) is 38.9. The van der Waals surface area contributed by atoms with Crippen molar-refractivity contribution in [3.8, 4) is 22.6 Å². The third-order valence-corrected chi connectivity index (χ3v) is 6.05. The van der Waals surface area contributed by atoms with Crippen LogP contribution in [0.1, 0.15) is 19.3 Å². The molecular weight excluding hydrogens is 408 g/mol. The third-order valence-electron chi connectivity index (χ3n) is 6.05. The van der Waals surface area contributed by atoms with Gasteiger partial charge in [-0.2, -0.15) is 0 Å². The summed E-state index contributed by atoms with van der Waals surface area (Å²) in [7, 11) is 3.21. The molecule has 3 amide bonds. The van der Waals surface area contributed by atoms with Gasteiger partial charge in [-0.1, -0.05) is 24.3 Å². The topological polar surface area (TPSA) is 84.9 Å². The molecule has 2 aromatic carbocycles. The van der Waals surface area contributed by atoms with E-state index in [-0.39, 0.29) is 42.5 Å². The van der Waals surface area contributed by atoms with E-state index in [2.05, 4.69) is 5.32 Å². The van der Waals surface area contributed by atoms with Gasteiger partial charge in [-0.25, -0.2) is 0 Å². The van der Waals surface area contributed by atoms with Gasteiger partial charge in [0.05, 0.1) is 26.1 Å². The lowest BCUT2D eigenvalue weighted by molar-refractivity contribution is -0.140. The Morgan fingerprint density at radius 2 is 1.62 bits per heavy atom. The number of carbonyl (C=O) groups is 3. The van der Waals surface area contributed by atoms with Crippen LogP contribution >= 0.6 is 0 Å². The predicted octanol–water partition coefficient (Wildman–Crippen LogP) is 3.65. The number of amides is 3. The van der Waals surface area contributed by atoms with Crippen molar-refractivity contribution < 1.29 is 23.9 Å². The fourth-order valence-electron chi connectivity index (χ4n) is 4.31. The third kappa shape index (κ3) is 4.23. The summed E-state index contributed by atoms with van der Waals surface area (Å²) in [6.45, 7) is 0.0952. The number of allylic oxidation sites excluding steroid dienone is 2. The maximum atomic E-state index is 12.6. The van der Waals surface area contributed by atoms with Crippen LogP contribution in [-0.4, -0.2) is 43.4 Å². The Kier molecular flexibility index (Phi) is 6.25. The molecular formula is C25H26N2O5. The molecule has 2 atom stereocenters. The first kappa shape index (κ1) is 21.6. The molecule has 2 aliphatic rings. The zero-order chi connectivity index (χ0) is 22.7. The van der Waals surface area contributed by atoms with Gasteiger partial charge in [0.25, 0.3) is 0 Å². The lowest BCUT2D eigenvalue weighted by Crippen LogP contribution is -2.34. The Hall–Kier alpha value is -3.61. The summed E-state index contributed by atoms with van der Waals surface area (Å²) in [5, 5.41) is 2.86. The van der Waals surface area contributed by atoms with Crippen molar-refractivity contribution in [3.63, 3.8) is 0 Å². The van der Waals surface area contributed by atoms with E-state index < -0.39 is 0 Å². The fraction of sp³-hybridized carbons (Fsp3) is 0.320. The van der Waals surface area contributed by atoms with Crippen molar-refractivity contribution in [1.29, 1.82) is 0 Å². The number of nitrogens with zero attached hydrogens (tertiary/aromatic N) is 1. The minimum Gasteiger partial charge on any atom is -0.497 e. The average Bonchev–Trinajstić information content (AvgIpc) is 3.07. The van der Waals surface area contributed by atoms with Gasteiger partial charge in [-0.05, 0) is 48.7 Å². The molecule has 1 fully saturated rings. The predicted molar refractivity (Wildman–Crippen MR) is 120 cm³/mol. The van der Waals surface area contributed by atoms with Gasteiger partial charge >= 0.3 is 0 Å². The lowest BCUT2D eigenvalue weighted by Gasteiger charge is -2.15. The van der Waals surface area contributed by atoms with Crippen LogP contribution in [0.15, 0.2) is 54.6 Å². The summed E-state index contributed by atoms with van der Waals surface area (Å²) in [6.07, 6.45) is 5.14. The molecule has 1 heterocycles. The second kappa shape index (κ2) is 9.26. The van der Waals surface area contributed by atoms with Gasteiger partial charge in [0.2, 0.25) is 17.7 Å². The quantitative estimate of drug-likeness (QED) is 0.531. The second-order valence-corrected chi connectivity index (χ2v) is 7.93. The van der Waals surface area contributed by atoms with E-state index in [1.54, 1.807) is 26.4 Å². The monoisotopic (exact) mass is 434 g/mol. The summed E-state index contributed by atoms with van der Waals surface area (Å²) in [6, 6.07) is 12.9. The Labute approximate surface area is 187 Å². The normalized spacial score (nSPS) is 19.6. The first-order valence-electron chi connectivity index (χ1n) is 10.6. The molecule has 1 aliphatic heterocycles. The van der Waals surface area contributed by atoms with Crippen molar-refractivity contribution in [2.75, 3.05) is 26.1 Å². The summed E-state index contributed by atoms with van der Waals surface area (Å²) >= 11 is 0. The molecule has 0 spiro atoms. The molecule has 1 aliphatic carbocycles. The highest BCUT2D eigenvalue weighted by Crippen LogP contribution is 2.35. The number of ether oxygens (including phenoxy) is 2.